The molecule has 0 unspecified atom stereocenters. The zero-order valence-corrected chi connectivity index (χ0v) is 25.9. The van der Waals surface area contributed by atoms with E-state index >= 15 is 0 Å². The summed E-state index contributed by atoms with van der Waals surface area (Å²) in [4.78, 5) is 49.0. The second-order valence-electron chi connectivity index (χ2n) is 12.9. The van der Waals surface area contributed by atoms with E-state index in [0.717, 1.165) is 59.2 Å². The van der Waals surface area contributed by atoms with Crippen LogP contribution in [0.1, 0.15) is 48.1 Å². The van der Waals surface area contributed by atoms with Crippen molar-refractivity contribution in [1.29, 1.82) is 0 Å². The molecule has 0 N–H and O–H groups in total. The molecule has 3 aliphatic rings. The van der Waals surface area contributed by atoms with Gasteiger partial charge in [0.2, 0.25) is 0 Å². The molecule has 1 saturated heterocycles. The maximum absolute atomic E-state index is 13.6. The first-order chi connectivity index (χ1) is 20.7. The smallest absolute Gasteiger partial charge is 0.320 e. The fourth-order valence-electron chi connectivity index (χ4n) is 6.59. The predicted octanol–water partition coefficient (Wildman–Crippen LogP) is 5.39. The molecule has 0 atom stereocenters. The van der Waals surface area contributed by atoms with Crippen LogP contribution >= 0.6 is 0 Å². The van der Waals surface area contributed by atoms with Crippen LogP contribution in [0.5, 0.6) is 0 Å². The van der Waals surface area contributed by atoms with Gasteiger partial charge in [-0.25, -0.2) is 9.78 Å². The number of aromatic nitrogens is 3. The van der Waals surface area contributed by atoms with Gasteiger partial charge in [-0.15, -0.1) is 5.54 Å². The first-order valence-electron chi connectivity index (χ1n) is 15.1. The van der Waals surface area contributed by atoms with Crippen molar-refractivity contribution in [2.24, 2.45) is 0 Å². The van der Waals surface area contributed by atoms with Gasteiger partial charge in [-0.3, -0.25) is 14.0 Å². The van der Waals surface area contributed by atoms with Gasteiger partial charge >= 0.3 is 6.03 Å². The standard InChI is InChI=1S/C34H35N5O3Si/c1-43(2,3)16-10-23-17-24-21-38(34(42)36-11-6-4-7-12-36)15-14-37-22-26(25(18-23)33(24)37)31-28(40)19-29(41)32(31)27-20-35-30-9-5-8-13-39(27)30/h5,8-9,13,17-18,20,22H,4,6-7,11-12,14-15,19,21H2,1-3H3. The Hall–Kier alpha value is -4.42. The van der Waals surface area contributed by atoms with Crippen LogP contribution in [-0.4, -0.2) is 69.1 Å². The number of piperidine rings is 1. The normalized spacial score (nSPS) is 17.6. The Bertz CT molecular complexity index is 1920. The Kier molecular flexibility index (Phi) is 6.62. The molecular weight excluding hydrogens is 554 g/mol. The van der Waals surface area contributed by atoms with E-state index in [2.05, 4.69) is 52.8 Å². The number of ketones is 2. The number of hydrogen-bond acceptors (Lipinski definition) is 4. The highest BCUT2D eigenvalue weighted by molar-refractivity contribution is 6.83. The highest BCUT2D eigenvalue weighted by atomic mass is 28.3. The zero-order chi connectivity index (χ0) is 29.9. The molecule has 1 fully saturated rings. The van der Waals surface area contributed by atoms with Crippen molar-refractivity contribution in [3.05, 3.63) is 71.3 Å². The van der Waals surface area contributed by atoms with Crippen LogP contribution in [0, 0.1) is 11.5 Å². The zero-order valence-electron chi connectivity index (χ0n) is 24.9. The second-order valence-corrected chi connectivity index (χ2v) is 17.6. The molecule has 5 heterocycles. The number of carbonyl (C=O) groups excluding carboxylic acids is 3. The van der Waals surface area contributed by atoms with E-state index in [1.165, 1.54) is 6.42 Å². The van der Waals surface area contributed by atoms with Crippen LogP contribution in [0.2, 0.25) is 19.6 Å². The lowest BCUT2D eigenvalue weighted by molar-refractivity contribution is -0.119. The van der Waals surface area contributed by atoms with Gasteiger partial charge in [0.15, 0.2) is 11.6 Å². The number of benzene rings is 1. The first-order valence-corrected chi connectivity index (χ1v) is 18.6. The number of fused-ring (bicyclic) bond motifs is 1. The van der Waals surface area contributed by atoms with Crippen LogP contribution in [0.15, 0.2) is 48.9 Å². The summed E-state index contributed by atoms with van der Waals surface area (Å²) in [5, 5.41) is 0.897. The molecule has 0 radical (unpaired) electrons. The van der Waals surface area contributed by atoms with Gasteiger partial charge < -0.3 is 14.4 Å². The summed E-state index contributed by atoms with van der Waals surface area (Å²) in [5.74, 6) is 3.06. The van der Waals surface area contributed by atoms with Crippen LogP contribution in [0.4, 0.5) is 4.79 Å². The quantitative estimate of drug-likeness (QED) is 0.178. The fourth-order valence-corrected chi connectivity index (χ4v) is 7.11. The lowest BCUT2D eigenvalue weighted by Gasteiger charge is -2.32. The Morgan fingerprint density at radius 3 is 2.51 bits per heavy atom. The molecule has 4 aromatic rings. The van der Waals surface area contributed by atoms with Crippen molar-refractivity contribution in [2.45, 2.75) is 58.4 Å². The Morgan fingerprint density at radius 2 is 1.72 bits per heavy atom. The van der Waals surface area contributed by atoms with Gasteiger partial charge in [-0.1, -0.05) is 31.6 Å². The Labute approximate surface area is 252 Å². The van der Waals surface area contributed by atoms with Gasteiger partial charge in [-0.2, -0.15) is 0 Å². The molecule has 218 valence electrons. The third kappa shape index (κ3) is 4.89. The number of imidazole rings is 1. The summed E-state index contributed by atoms with van der Waals surface area (Å²) in [6.45, 7) is 9.89. The van der Waals surface area contributed by atoms with E-state index in [0.29, 0.717) is 36.5 Å². The number of urea groups is 1. The van der Waals surface area contributed by atoms with E-state index < -0.39 is 8.07 Å². The summed E-state index contributed by atoms with van der Waals surface area (Å²) in [5.41, 5.74) is 9.33. The van der Waals surface area contributed by atoms with Crippen molar-refractivity contribution in [1.82, 2.24) is 23.8 Å². The minimum absolute atomic E-state index is 0.0894. The number of rotatable bonds is 2. The summed E-state index contributed by atoms with van der Waals surface area (Å²) in [6, 6.07) is 9.94. The molecule has 1 aliphatic carbocycles. The maximum atomic E-state index is 13.6. The number of nitrogens with zero attached hydrogens (tertiary/aromatic N) is 5. The Morgan fingerprint density at radius 1 is 0.930 bits per heavy atom. The molecule has 0 spiro atoms. The van der Waals surface area contributed by atoms with Crippen molar-refractivity contribution in [3.8, 4) is 11.5 Å². The molecule has 2 amide bonds. The first kappa shape index (κ1) is 27.4. The van der Waals surface area contributed by atoms with E-state index in [-0.39, 0.29) is 24.0 Å². The molecule has 1 aromatic carbocycles. The van der Waals surface area contributed by atoms with E-state index in [1.807, 2.05) is 44.8 Å². The third-order valence-electron chi connectivity index (χ3n) is 8.57. The lowest BCUT2D eigenvalue weighted by Crippen LogP contribution is -2.45. The van der Waals surface area contributed by atoms with Crippen LogP contribution < -0.4 is 0 Å². The SMILES string of the molecule is C[Si](C)(C)C#Cc1cc2c3c(c1)c(C1=C(c4cnc5ccccn45)C(=O)CC1=O)cn3CCN(C(=O)N1CCCCC1)C2. The van der Waals surface area contributed by atoms with Crippen molar-refractivity contribution in [3.63, 3.8) is 0 Å². The highest BCUT2D eigenvalue weighted by Crippen LogP contribution is 2.41. The molecule has 8 nitrogen and oxygen atoms in total. The highest BCUT2D eigenvalue weighted by Gasteiger charge is 2.36. The predicted molar refractivity (Wildman–Crippen MR) is 170 cm³/mol. The molecule has 7 rings (SSSR count). The summed E-state index contributed by atoms with van der Waals surface area (Å²) >= 11 is 0. The topological polar surface area (TPSA) is 79.9 Å². The van der Waals surface area contributed by atoms with Crippen LogP contribution in [0.3, 0.4) is 0 Å². The number of amides is 2. The van der Waals surface area contributed by atoms with Gasteiger partial charge in [-0.05, 0) is 49.1 Å². The van der Waals surface area contributed by atoms with E-state index in [4.69, 9.17) is 0 Å². The van der Waals surface area contributed by atoms with E-state index in [9.17, 15) is 14.4 Å². The van der Waals surface area contributed by atoms with Crippen molar-refractivity contribution >= 4 is 53.4 Å². The van der Waals surface area contributed by atoms with Gasteiger partial charge in [0.25, 0.3) is 0 Å². The average molecular weight is 590 g/mol. The number of allylic oxidation sites excluding steroid dienone is 2. The number of likely N-dealkylation sites (tertiary alicyclic amines) is 1. The van der Waals surface area contributed by atoms with Gasteiger partial charge in [0, 0.05) is 67.2 Å². The number of carbonyl (C=O) groups is 3. The summed E-state index contributed by atoms with van der Waals surface area (Å²) in [6.07, 6.45) is 8.67. The summed E-state index contributed by atoms with van der Waals surface area (Å²) in [7, 11) is -1.67. The largest absolute Gasteiger partial charge is 0.345 e. The van der Waals surface area contributed by atoms with Gasteiger partial charge in [0.1, 0.15) is 13.7 Å². The number of pyridine rings is 1. The minimum Gasteiger partial charge on any atom is -0.345 e. The monoisotopic (exact) mass is 589 g/mol. The third-order valence-corrected chi connectivity index (χ3v) is 9.45. The van der Waals surface area contributed by atoms with Crippen LogP contribution in [-0.2, 0) is 22.7 Å². The van der Waals surface area contributed by atoms with Crippen molar-refractivity contribution in [2.75, 3.05) is 19.6 Å². The Balaban J connectivity index is 1.42. The van der Waals surface area contributed by atoms with E-state index in [1.54, 1.807) is 6.20 Å². The van der Waals surface area contributed by atoms with Crippen molar-refractivity contribution < 1.29 is 14.4 Å². The molecule has 0 saturated carbocycles. The minimum atomic E-state index is -1.67. The second kappa shape index (κ2) is 10.4. The number of Topliss-reactive ketones (excluding diaryl/α,β-unsaturated/α-hetero) is 2. The maximum Gasteiger partial charge on any atom is 0.320 e. The number of hydrogen-bond donors (Lipinski definition) is 0. The lowest BCUT2D eigenvalue weighted by atomic mass is 9.96. The van der Waals surface area contributed by atoms with Crippen LogP contribution in [0.25, 0.3) is 27.7 Å². The molecular formula is C34H35N5O3Si. The summed E-state index contributed by atoms with van der Waals surface area (Å²) < 4.78 is 4.03. The molecule has 3 aromatic heterocycles. The molecule has 0 bridgehead atoms. The van der Waals surface area contributed by atoms with Gasteiger partial charge in [0.05, 0.1) is 29.4 Å². The average Bonchev–Trinajstić information content (AvgIpc) is 3.61. The molecule has 43 heavy (non-hydrogen) atoms. The molecule has 9 heteroatoms. The molecule has 2 aliphatic heterocycles. The fraction of sp³-hybridized carbons (Fsp3) is 0.353.